The summed E-state index contributed by atoms with van der Waals surface area (Å²) in [6, 6.07) is 9.57. The highest BCUT2D eigenvalue weighted by Crippen LogP contribution is 2.29. The molecule has 2 aromatic carbocycles. The summed E-state index contributed by atoms with van der Waals surface area (Å²) in [4.78, 5) is -0.0275. The van der Waals surface area contributed by atoms with Crippen LogP contribution in [-0.2, 0) is 10.0 Å². The maximum atomic E-state index is 12.7. The van der Waals surface area contributed by atoms with Crippen LogP contribution in [0, 0.1) is 6.92 Å². The van der Waals surface area contributed by atoms with Gasteiger partial charge in [0.2, 0.25) is 10.0 Å². The van der Waals surface area contributed by atoms with Gasteiger partial charge in [-0.05, 0) is 48.7 Å². The van der Waals surface area contributed by atoms with Crippen LogP contribution in [-0.4, -0.2) is 15.5 Å². The Morgan fingerprint density at radius 3 is 2.46 bits per heavy atom. The molecule has 0 radical (unpaired) electrons. The number of halogens is 2. The molecule has 7 heteroatoms. The molecule has 0 fully saturated rings. The summed E-state index contributed by atoms with van der Waals surface area (Å²) in [6.07, 6.45) is 0.586. The Morgan fingerprint density at radius 1 is 1.17 bits per heavy atom. The van der Waals surface area contributed by atoms with Crippen molar-refractivity contribution in [3.63, 3.8) is 0 Å². The number of benzene rings is 2. The molecule has 0 aromatic heterocycles. The van der Waals surface area contributed by atoms with Crippen LogP contribution in [0.3, 0.4) is 0 Å². The first-order valence-corrected chi connectivity index (χ1v) is 9.64. The maximum Gasteiger partial charge on any atom is 0.242 e. The molecule has 0 aliphatic heterocycles. The summed E-state index contributed by atoms with van der Waals surface area (Å²) in [5.41, 5.74) is 1.80. The highest BCUT2D eigenvalue weighted by atomic mass is 35.5. The lowest BCUT2D eigenvalue weighted by molar-refractivity contribution is 0.411. The molecule has 0 saturated carbocycles. The van der Waals surface area contributed by atoms with Crippen molar-refractivity contribution in [3.8, 4) is 5.75 Å². The van der Waals surface area contributed by atoms with Crippen molar-refractivity contribution in [2.75, 3.05) is 7.11 Å². The number of hydrogen-bond acceptors (Lipinski definition) is 3. The predicted molar refractivity (Wildman–Crippen MR) is 97.5 cm³/mol. The monoisotopic (exact) mass is 387 g/mol. The van der Waals surface area contributed by atoms with Crippen LogP contribution in [0.2, 0.25) is 10.0 Å². The van der Waals surface area contributed by atoms with Gasteiger partial charge in [-0.3, -0.25) is 0 Å². The normalized spacial score (nSPS) is 12.9. The van der Waals surface area contributed by atoms with Gasteiger partial charge < -0.3 is 4.74 Å². The van der Waals surface area contributed by atoms with Gasteiger partial charge >= 0.3 is 0 Å². The van der Waals surface area contributed by atoms with Crippen molar-refractivity contribution in [1.29, 1.82) is 0 Å². The van der Waals surface area contributed by atoms with Crippen LogP contribution in [0.5, 0.6) is 5.75 Å². The van der Waals surface area contributed by atoms with Crippen molar-refractivity contribution >= 4 is 33.2 Å². The molecule has 1 atom stereocenters. The van der Waals surface area contributed by atoms with Gasteiger partial charge in [0.1, 0.15) is 10.6 Å². The topological polar surface area (TPSA) is 55.4 Å². The fourth-order valence-corrected chi connectivity index (χ4v) is 4.51. The SMILES string of the molecule is CC[C@H](NS(=O)(=O)c1cc(Cl)ccc1Cl)c1ccc(OC)c(C)c1. The van der Waals surface area contributed by atoms with Crippen LogP contribution in [0.25, 0.3) is 0 Å². The average molecular weight is 388 g/mol. The zero-order valence-electron chi connectivity index (χ0n) is 13.6. The zero-order chi connectivity index (χ0) is 17.9. The molecule has 0 aliphatic carbocycles. The van der Waals surface area contributed by atoms with E-state index in [2.05, 4.69) is 4.72 Å². The Morgan fingerprint density at radius 2 is 1.88 bits per heavy atom. The van der Waals surface area contributed by atoms with E-state index >= 15 is 0 Å². The van der Waals surface area contributed by atoms with E-state index < -0.39 is 10.0 Å². The lowest BCUT2D eigenvalue weighted by atomic mass is 10.0. The summed E-state index contributed by atoms with van der Waals surface area (Å²) in [5.74, 6) is 0.759. The van der Waals surface area contributed by atoms with Crippen LogP contribution in [0.1, 0.15) is 30.5 Å². The average Bonchev–Trinajstić information content (AvgIpc) is 2.54. The summed E-state index contributed by atoms with van der Waals surface area (Å²) in [6.45, 7) is 3.82. The molecule has 2 rings (SSSR count). The summed E-state index contributed by atoms with van der Waals surface area (Å²) < 4.78 is 33.3. The fourth-order valence-electron chi connectivity index (χ4n) is 2.44. The molecule has 0 unspecified atom stereocenters. The Bertz CT molecular complexity index is 838. The Hall–Kier alpha value is -1.27. The highest BCUT2D eigenvalue weighted by molar-refractivity contribution is 7.89. The predicted octanol–water partition coefficient (Wildman–Crippen LogP) is 4.74. The molecule has 0 aliphatic rings. The van der Waals surface area contributed by atoms with E-state index in [0.29, 0.717) is 11.4 Å². The van der Waals surface area contributed by atoms with Gasteiger partial charge in [0.15, 0.2) is 0 Å². The van der Waals surface area contributed by atoms with Crippen LogP contribution >= 0.6 is 23.2 Å². The number of ether oxygens (including phenoxy) is 1. The zero-order valence-corrected chi connectivity index (χ0v) is 16.0. The van der Waals surface area contributed by atoms with Gasteiger partial charge in [0, 0.05) is 11.1 Å². The first-order chi connectivity index (χ1) is 11.3. The van der Waals surface area contributed by atoms with Crippen LogP contribution in [0.4, 0.5) is 0 Å². The Labute approximate surface area is 152 Å². The first-order valence-electron chi connectivity index (χ1n) is 7.40. The number of sulfonamides is 1. The molecular formula is C17H19Cl2NO3S. The van der Waals surface area contributed by atoms with E-state index in [1.807, 2.05) is 32.0 Å². The van der Waals surface area contributed by atoms with Crippen molar-refractivity contribution < 1.29 is 13.2 Å². The van der Waals surface area contributed by atoms with E-state index in [1.54, 1.807) is 13.2 Å². The molecule has 0 amide bonds. The van der Waals surface area contributed by atoms with E-state index in [1.165, 1.54) is 12.1 Å². The number of methoxy groups -OCH3 is 1. The van der Waals surface area contributed by atoms with Crippen LogP contribution in [0.15, 0.2) is 41.3 Å². The third-order valence-electron chi connectivity index (χ3n) is 3.71. The summed E-state index contributed by atoms with van der Waals surface area (Å²) >= 11 is 11.9. The maximum absolute atomic E-state index is 12.7. The molecule has 24 heavy (non-hydrogen) atoms. The molecule has 2 aromatic rings. The largest absolute Gasteiger partial charge is 0.496 e. The highest BCUT2D eigenvalue weighted by Gasteiger charge is 2.23. The van der Waals surface area contributed by atoms with Crippen molar-refractivity contribution in [2.24, 2.45) is 0 Å². The molecular weight excluding hydrogens is 369 g/mol. The third-order valence-corrected chi connectivity index (χ3v) is 5.90. The van der Waals surface area contributed by atoms with Crippen molar-refractivity contribution in [3.05, 3.63) is 57.6 Å². The van der Waals surface area contributed by atoms with E-state index in [9.17, 15) is 8.42 Å². The summed E-state index contributed by atoms with van der Waals surface area (Å²) in [7, 11) is -2.20. The first kappa shape index (κ1) is 19.1. The molecule has 0 bridgehead atoms. The van der Waals surface area contributed by atoms with Crippen molar-refractivity contribution in [2.45, 2.75) is 31.2 Å². The van der Waals surface area contributed by atoms with Crippen LogP contribution < -0.4 is 9.46 Å². The quantitative estimate of drug-likeness (QED) is 0.778. The van der Waals surface area contributed by atoms with Gasteiger partial charge in [-0.1, -0.05) is 42.3 Å². The summed E-state index contributed by atoms with van der Waals surface area (Å²) in [5, 5.41) is 0.445. The van der Waals surface area contributed by atoms with Gasteiger partial charge in [0.25, 0.3) is 0 Å². The number of nitrogens with one attached hydrogen (secondary N) is 1. The fraction of sp³-hybridized carbons (Fsp3) is 0.294. The standard InChI is InChI=1S/C17H19Cl2NO3S/c1-4-15(12-5-8-16(23-3)11(2)9-12)20-24(21,22)17-10-13(18)6-7-14(17)19/h5-10,15,20H,4H2,1-3H3/t15-/m0/s1. The second-order valence-electron chi connectivity index (χ2n) is 5.39. The molecule has 0 heterocycles. The van der Waals surface area contributed by atoms with E-state index in [4.69, 9.17) is 27.9 Å². The lowest BCUT2D eigenvalue weighted by Gasteiger charge is -2.19. The minimum atomic E-state index is -3.80. The lowest BCUT2D eigenvalue weighted by Crippen LogP contribution is -2.28. The molecule has 0 spiro atoms. The molecule has 130 valence electrons. The smallest absolute Gasteiger partial charge is 0.242 e. The molecule has 1 N–H and O–H groups in total. The van der Waals surface area contributed by atoms with Crippen molar-refractivity contribution in [1.82, 2.24) is 4.72 Å². The second kappa shape index (κ2) is 7.74. The molecule has 0 saturated heterocycles. The number of rotatable bonds is 6. The Kier molecular flexibility index (Phi) is 6.15. The van der Waals surface area contributed by atoms with Gasteiger partial charge in [-0.2, -0.15) is 0 Å². The second-order valence-corrected chi connectivity index (χ2v) is 7.91. The minimum absolute atomic E-state index is 0.0275. The minimum Gasteiger partial charge on any atom is -0.496 e. The Balaban J connectivity index is 2.35. The van der Waals surface area contributed by atoms with E-state index in [0.717, 1.165) is 16.9 Å². The van der Waals surface area contributed by atoms with E-state index in [-0.39, 0.29) is 16.0 Å². The molecule has 4 nitrogen and oxygen atoms in total. The van der Waals surface area contributed by atoms with Gasteiger partial charge in [0.05, 0.1) is 12.1 Å². The number of aryl methyl sites for hydroxylation is 1. The van der Waals surface area contributed by atoms with Gasteiger partial charge in [-0.15, -0.1) is 0 Å². The number of hydrogen-bond donors (Lipinski definition) is 1. The van der Waals surface area contributed by atoms with Gasteiger partial charge in [-0.25, -0.2) is 13.1 Å². The third kappa shape index (κ3) is 4.22.